The van der Waals surface area contributed by atoms with E-state index in [4.69, 9.17) is 0 Å². The maximum absolute atomic E-state index is 10.4. The number of aliphatic hydroxyl groups is 1. The lowest BCUT2D eigenvalue weighted by atomic mass is 10.00. The molecule has 1 aromatic rings. The molecule has 3 nitrogen and oxygen atoms in total. The van der Waals surface area contributed by atoms with E-state index in [1.807, 2.05) is 0 Å². The third-order valence-corrected chi connectivity index (χ3v) is 4.69. The molecule has 104 valence electrons. The molecule has 1 saturated carbocycles. The summed E-state index contributed by atoms with van der Waals surface area (Å²) in [7, 11) is 2.14. The molecule has 1 N–H and O–H groups in total. The van der Waals surface area contributed by atoms with Crippen molar-refractivity contribution in [3.63, 3.8) is 0 Å². The third-order valence-electron chi connectivity index (χ3n) is 4.69. The number of nitrogens with zero attached hydrogens (tertiary/aromatic N) is 2. The molecule has 3 rings (SSSR count). The van der Waals surface area contributed by atoms with Gasteiger partial charge in [-0.15, -0.1) is 0 Å². The van der Waals surface area contributed by atoms with E-state index < -0.39 is 0 Å². The summed E-state index contributed by atoms with van der Waals surface area (Å²) in [5.41, 5.74) is 2.56. The molecule has 19 heavy (non-hydrogen) atoms. The number of β-amino-alcohol motifs (C(OH)–C–C–N with tert-alkyl or cyclic N) is 1. The number of hydrogen-bond donors (Lipinski definition) is 1. The van der Waals surface area contributed by atoms with Crippen LogP contribution in [0, 0.1) is 5.92 Å². The SMILES string of the molecule is CN1CCN(CC(O)C2CCCC2)c2ccccc21. The standard InChI is InChI=1S/C16H24N2O/c1-17-10-11-18(15-9-5-4-8-14(15)17)12-16(19)13-6-2-3-7-13/h4-5,8-9,13,16,19H,2-3,6-7,10-12H2,1H3. The molecule has 1 fully saturated rings. The Balaban J connectivity index is 1.73. The second kappa shape index (κ2) is 5.41. The molecule has 1 atom stereocenters. The summed E-state index contributed by atoms with van der Waals surface area (Å²) in [6.45, 7) is 2.83. The Morgan fingerprint density at radius 3 is 2.58 bits per heavy atom. The van der Waals surface area contributed by atoms with E-state index >= 15 is 0 Å². The summed E-state index contributed by atoms with van der Waals surface area (Å²) in [6.07, 6.45) is 4.83. The number of hydrogen-bond acceptors (Lipinski definition) is 3. The minimum atomic E-state index is -0.168. The fraction of sp³-hybridized carbons (Fsp3) is 0.625. The van der Waals surface area contributed by atoms with E-state index in [1.54, 1.807) is 0 Å². The molecule has 1 aromatic carbocycles. The Morgan fingerprint density at radius 1 is 1.16 bits per heavy atom. The summed E-state index contributed by atoms with van der Waals surface area (Å²) < 4.78 is 0. The Hall–Kier alpha value is -1.22. The van der Waals surface area contributed by atoms with E-state index in [1.165, 1.54) is 37.1 Å². The van der Waals surface area contributed by atoms with E-state index in [2.05, 4.69) is 41.1 Å². The van der Waals surface area contributed by atoms with Crippen molar-refractivity contribution in [1.82, 2.24) is 0 Å². The van der Waals surface area contributed by atoms with Gasteiger partial charge in [0.25, 0.3) is 0 Å². The van der Waals surface area contributed by atoms with Crippen LogP contribution in [0.3, 0.4) is 0 Å². The predicted molar refractivity (Wildman–Crippen MR) is 79.9 cm³/mol. The molecular weight excluding hydrogens is 236 g/mol. The molecule has 0 radical (unpaired) electrons. The quantitative estimate of drug-likeness (QED) is 0.904. The zero-order valence-corrected chi connectivity index (χ0v) is 11.8. The number of fused-ring (bicyclic) bond motifs is 1. The molecule has 0 bridgehead atoms. The van der Waals surface area contributed by atoms with Crippen molar-refractivity contribution in [2.24, 2.45) is 5.92 Å². The highest BCUT2D eigenvalue weighted by Gasteiger charge is 2.27. The topological polar surface area (TPSA) is 26.7 Å². The lowest BCUT2D eigenvalue weighted by molar-refractivity contribution is 0.116. The summed E-state index contributed by atoms with van der Waals surface area (Å²) in [5.74, 6) is 0.520. The first kappa shape index (κ1) is 12.8. The van der Waals surface area contributed by atoms with Gasteiger partial charge in [-0.3, -0.25) is 0 Å². The van der Waals surface area contributed by atoms with Crippen LogP contribution in [0.1, 0.15) is 25.7 Å². The lowest BCUT2D eigenvalue weighted by Gasteiger charge is -2.38. The van der Waals surface area contributed by atoms with Gasteiger partial charge in [-0.25, -0.2) is 0 Å². The number of rotatable bonds is 3. The number of likely N-dealkylation sites (N-methyl/N-ethyl adjacent to an activating group) is 1. The number of aliphatic hydroxyl groups excluding tert-OH is 1. The zero-order chi connectivity index (χ0) is 13.2. The van der Waals surface area contributed by atoms with Gasteiger partial charge in [-0.2, -0.15) is 0 Å². The highest BCUT2D eigenvalue weighted by atomic mass is 16.3. The monoisotopic (exact) mass is 260 g/mol. The molecule has 1 heterocycles. The maximum atomic E-state index is 10.4. The van der Waals surface area contributed by atoms with Gasteiger partial charge in [-0.1, -0.05) is 25.0 Å². The van der Waals surface area contributed by atoms with Crippen LogP contribution in [0.15, 0.2) is 24.3 Å². The lowest BCUT2D eigenvalue weighted by Crippen LogP contribution is -2.44. The van der Waals surface area contributed by atoms with Crippen LogP contribution in [0.5, 0.6) is 0 Å². The Labute approximate surface area is 115 Å². The molecule has 0 aromatic heterocycles. The maximum Gasteiger partial charge on any atom is 0.0743 e. The molecule has 0 spiro atoms. The van der Waals surface area contributed by atoms with Crippen LogP contribution in [-0.4, -0.2) is 37.9 Å². The molecule has 2 aliphatic rings. The second-order valence-electron chi connectivity index (χ2n) is 5.97. The van der Waals surface area contributed by atoms with Gasteiger partial charge in [0, 0.05) is 26.7 Å². The minimum Gasteiger partial charge on any atom is -0.391 e. The van der Waals surface area contributed by atoms with Crippen LogP contribution < -0.4 is 9.80 Å². The number of anilines is 2. The first-order chi connectivity index (χ1) is 9.25. The van der Waals surface area contributed by atoms with Gasteiger partial charge < -0.3 is 14.9 Å². The Morgan fingerprint density at radius 2 is 1.84 bits per heavy atom. The van der Waals surface area contributed by atoms with E-state index in [9.17, 15) is 5.11 Å². The highest BCUT2D eigenvalue weighted by molar-refractivity contribution is 5.73. The Bertz CT molecular complexity index is 429. The molecule has 0 saturated heterocycles. The van der Waals surface area contributed by atoms with Gasteiger partial charge in [0.2, 0.25) is 0 Å². The van der Waals surface area contributed by atoms with Crippen LogP contribution >= 0.6 is 0 Å². The van der Waals surface area contributed by atoms with E-state index in [0.717, 1.165) is 19.6 Å². The van der Waals surface area contributed by atoms with Crippen LogP contribution in [0.2, 0.25) is 0 Å². The first-order valence-electron chi connectivity index (χ1n) is 7.49. The van der Waals surface area contributed by atoms with Gasteiger partial charge in [0.05, 0.1) is 17.5 Å². The third kappa shape index (κ3) is 2.57. The summed E-state index contributed by atoms with van der Waals surface area (Å²) in [5, 5.41) is 10.4. The zero-order valence-electron chi connectivity index (χ0n) is 11.8. The molecule has 1 aliphatic heterocycles. The second-order valence-corrected chi connectivity index (χ2v) is 5.97. The van der Waals surface area contributed by atoms with E-state index in [-0.39, 0.29) is 6.10 Å². The van der Waals surface area contributed by atoms with Crippen molar-refractivity contribution < 1.29 is 5.11 Å². The molecule has 3 heteroatoms. The molecular formula is C16H24N2O. The number of benzene rings is 1. The van der Waals surface area contributed by atoms with Gasteiger partial charge in [0.15, 0.2) is 0 Å². The fourth-order valence-electron chi connectivity index (χ4n) is 3.47. The van der Waals surface area contributed by atoms with Gasteiger partial charge in [0.1, 0.15) is 0 Å². The van der Waals surface area contributed by atoms with E-state index in [0.29, 0.717) is 5.92 Å². The summed E-state index contributed by atoms with van der Waals surface area (Å²) >= 11 is 0. The van der Waals surface area contributed by atoms with Crippen molar-refractivity contribution in [1.29, 1.82) is 0 Å². The smallest absolute Gasteiger partial charge is 0.0743 e. The van der Waals surface area contributed by atoms with Gasteiger partial charge in [-0.05, 0) is 30.9 Å². The van der Waals surface area contributed by atoms with Crippen LogP contribution in [-0.2, 0) is 0 Å². The van der Waals surface area contributed by atoms with Crippen LogP contribution in [0.25, 0.3) is 0 Å². The van der Waals surface area contributed by atoms with Crippen molar-refractivity contribution in [2.75, 3.05) is 36.5 Å². The average Bonchev–Trinajstić information content (AvgIpc) is 2.96. The number of para-hydroxylation sites is 2. The first-order valence-corrected chi connectivity index (χ1v) is 7.49. The van der Waals surface area contributed by atoms with Crippen molar-refractivity contribution >= 4 is 11.4 Å². The molecule has 1 aliphatic carbocycles. The van der Waals surface area contributed by atoms with Gasteiger partial charge >= 0.3 is 0 Å². The normalized spacial score (nSPS) is 21.6. The molecule has 0 amide bonds. The largest absolute Gasteiger partial charge is 0.391 e. The predicted octanol–water partition coefficient (Wildman–Crippen LogP) is 2.49. The van der Waals surface area contributed by atoms with Crippen LogP contribution in [0.4, 0.5) is 11.4 Å². The Kier molecular flexibility index (Phi) is 3.65. The minimum absolute atomic E-state index is 0.168. The van der Waals surface area contributed by atoms with Crippen molar-refractivity contribution in [2.45, 2.75) is 31.8 Å². The summed E-state index contributed by atoms with van der Waals surface area (Å²) in [4.78, 5) is 4.66. The van der Waals surface area contributed by atoms with Crippen molar-refractivity contribution in [3.05, 3.63) is 24.3 Å². The molecule has 1 unspecified atom stereocenters. The highest BCUT2D eigenvalue weighted by Crippen LogP contribution is 2.33. The fourth-order valence-corrected chi connectivity index (χ4v) is 3.47. The van der Waals surface area contributed by atoms with Crippen molar-refractivity contribution in [3.8, 4) is 0 Å². The summed E-state index contributed by atoms with van der Waals surface area (Å²) in [6, 6.07) is 8.52. The average molecular weight is 260 g/mol.